The van der Waals surface area contributed by atoms with Crippen molar-refractivity contribution < 1.29 is 4.74 Å². The zero-order valence-electron chi connectivity index (χ0n) is 7.66. The Morgan fingerprint density at radius 1 is 1.46 bits per heavy atom. The van der Waals surface area contributed by atoms with E-state index < -0.39 is 0 Å². The average Bonchev–Trinajstić information content (AvgIpc) is 2.18. The molecule has 0 N–H and O–H groups in total. The fourth-order valence-corrected chi connectivity index (χ4v) is 2.02. The van der Waals surface area contributed by atoms with Gasteiger partial charge in [-0.05, 0) is 36.6 Å². The number of benzene rings is 1. The first-order chi connectivity index (χ1) is 6.31. The molecule has 13 heavy (non-hydrogen) atoms. The molecule has 0 saturated heterocycles. The van der Waals surface area contributed by atoms with Crippen molar-refractivity contribution in [3.63, 3.8) is 0 Å². The standard InChI is InChI=1S/C10H13NOS/c1-12-9-4-5-10-8(7-9)3-2-6-11(10)13/h4-5,7,13H,2-3,6H2,1H3. The summed E-state index contributed by atoms with van der Waals surface area (Å²) in [5.41, 5.74) is 2.55. The second-order valence-corrected chi connectivity index (χ2v) is 3.70. The van der Waals surface area contributed by atoms with Crippen LogP contribution in [0.15, 0.2) is 18.2 Å². The quantitative estimate of drug-likeness (QED) is 0.690. The van der Waals surface area contributed by atoms with Gasteiger partial charge in [-0.2, -0.15) is 0 Å². The molecule has 1 aromatic rings. The van der Waals surface area contributed by atoms with Gasteiger partial charge in [-0.25, -0.2) is 0 Å². The van der Waals surface area contributed by atoms with Crippen LogP contribution >= 0.6 is 12.8 Å². The van der Waals surface area contributed by atoms with E-state index in [9.17, 15) is 0 Å². The largest absolute Gasteiger partial charge is 0.497 e. The van der Waals surface area contributed by atoms with Gasteiger partial charge < -0.3 is 9.04 Å². The smallest absolute Gasteiger partial charge is 0.119 e. The molecule has 0 unspecified atom stereocenters. The highest BCUT2D eigenvalue weighted by Crippen LogP contribution is 2.31. The third-order valence-corrected chi connectivity index (χ3v) is 2.80. The Hall–Kier alpha value is -0.830. The Labute approximate surface area is 84.0 Å². The van der Waals surface area contributed by atoms with Crippen molar-refractivity contribution in [2.45, 2.75) is 12.8 Å². The Morgan fingerprint density at radius 2 is 2.31 bits per heavy atom. The predicted octanol–water partition coefficient (Wildman–Crippen LogP) is 2.29. The van der Waals surface area contributed by atoms with Gasteiger partial charge in [0.1, 0.15) is 5.75 Å². The van der Waals surface area contributed by atoms with Crippen LogP contribution in [0.2, 0.25) is 0 Å². The van der Waals surface area contributed by atoms with Crippen LogP contribution in [0, 0.1) is 0 Å². The van der Waals surface area contributed by atoms with Crippen LogP contribution in [0.4, 0.5) is 5.69 Å². The van der Waals surface area contributed by atoms with Gasteiger partial charge in [0, 0.05) is 6.54 Å². The second kappa shape index (κ2) is 3.50. The molecule has 2 rings (SSSR count). The lowest BCUT2D eigenvalue weighted by Gasteiger charge is -2.26. The van der Waals surface area contributed by atoms with E-state index in [-0.39, 0.29) is 0 Å². The minimum Gasteiger partial charge on any atom is -0.497 e. The normalized spacial score (nSPS) is 15.4. The lowest BCUT2D eigenvalue weighted by molar-refractivity contribution is 0.414. The summed E-state index contributed by atoms with van der Waals surface area (Å²) in [4.78, 5) is 0. The van der Waals surface area contributed by atoms with E-state index in [1.807, 2.05) is 10.4 Å². The van der Waals surface area contributed by atoms with Gasteiger partial charge in [-0.1, -0.05) is 12.8 Å². The minimum atomic E-state index is 0.933. The number of hydrogen-bond acceptors (Lipinski definition) is 3. The van der Waals surface area contributed by atoms with Crippen molar-refractivity contribution in [2.75, 3.05) is 18.0 Å². The van der Waals surface area contributed by atoms with Gasteiger partial charge in [0.05, 0.1) is 12.8 Å². The van der Waals surface area contributed by atoms with Crippen molar-refractivity contribution in [1.82, 2.24) is 0 Å². The Kier molecular flexibility index (Phi) is 2.36. The van der Waals surface area contributed by atoms with E-state index in [1.165, 1.54) is 17.7 Å². The summed E-state index contributed by atoms with van der Waals surface area (Å²) in [6.45, 7) is 1.03. The third-order valence-electron chi connectivity index (χ3n) is 2.38. The molecular formula is C10H13NOS. The van der Waals surface area contributed by atoms with Crippen LogP contribution in [-0.4, -0.2) is 13.7 Å². The molecule has 70 valence electrons. The van der Waals surface area contributed by atoms with Gasteiger partial charge in [-0.15, -0.1) is 0 Å². The summed E-state index contributed by atoms with van der Waals surface area (Å²) >= 11 is 4.40. The van der Waals surface area contributed by atoms with Crippen molar-refractivity contribution in [2.24, 2.45) is 0 Å². The molecule has 0 atom stereocenters. The highest BCUT2D eigenvalue weighted by molar-refractivity contribution is 7.81. The minimum absolute atomic E-state index is 0.933. The molecule has 0 bridgehead atoms. The molecule has 1 aliphatic heterocycles. The maximum atomic E-state index is 5.17. The Bertz CT molecular complexity index is 314. The highest BCUT2D eigenvalue weighted by Gasteiger charge is 2.14. The number of nitrogens with zero attached hydrogens (tertiary/aromatic N) is 1. The molecule has 0 spiro atoms. The Morgan fingerprint density at radius 3 is 3.08 bits per heavy atom. The number of rotatable bonds is 1. The van der Waals surface area contributed by atoms with Gasteiger partial charge in [-0.3, -0.25) is 0 Å². The maximum Gasteiger partial charge on any atom is 0.119 e. The second-order valence-electron chi connectivity index (χ2n) is 3.22. The molecule has 1 heterocycles. The highest BCUT2D eigenvalue weighted by atomic mass is 32.1. The first-order valence-corrected chi connectivity index (χ1v) is 4.84. The summed E-state index contributed by atoms with van der Waals surface area (Å²) in [5.74, 6) is 0.933. The van der Waals surface area contributed by atoms with Crippen molar-refractivity contribution in [1.29, 1.82) is 0 Å². The van der Waals surface area contributed by atoms with E-state index in [4.69, 9.17) is 4.74 Å². The monoisotopic (exact) mass is 195 g/mol. The molecule has 0 amide bonds. The maximum absolute atomic E-state index is 5.17. The van der Waals surface area contributed by atoms with E-state index in [2.05, 4.69) is 24.9 Å². The van der Waals surface area contributed by atoms with E-state index in [0.29, 0.717) is 0 Å². The van der Waals surface area contributed by atoms with Crippen LogP contribution in [0.5, 0.6) is 5.75 Å². The van der Waals surface area contributed by atoms with Crippen LogP contribution in [0.25, 0.3) is 0 Å². The molecule has 0 aromatic heterocycles. The Balaban J connectivity index is 2.39. The van der Waals surface area contributed by atoms with Crippen LogP contribution in [0.3, 0.4) is 0 Å². The average molecular weight is 195 g/mol. The summed E-state index contributed by atoms with van der Waals surface area (Å²) in [6.07, 6.45) is 2.30. The number of thiol groups is 1. The molecule has 2 nitrogen and oxygen atoms in total. The summed E-state index contributed by atoms with van der Waals surface area (Å²) in [5, 5.41) is 0. The number of aryl methyl sites for hydroxylation is 1. The predicted molar refractivity (Wildman–Crippen MR) is 57.6 cm³/mol. The van der Waals surface area contributed by atoms with E-state index >= 15 is 0 Å². The zero-order chi connectivity index (χ0) is 9.26. The molecule has 0 aliphatic carbocycles. The fraction of sp³-hybridized carbons (Fsp3) is 0.400. The van der Waals surface area contributed by atoms with Crippen LogP contribution in [0.1, 0.15) is 12.0 Å². The van der Waals surface area contributed by atoms with Gasteiger partial charge in [0.15, 0.2) is 0 Å². The van der Waals surface area contributed by atoms with E-state index in [1.54, 1.807) is 7.11 Å². The molecule has 1 aliphatic rings. The fourth-order valence-electron chi connectivity index (χ4n) is 1.68. The lowest BCUT2D eigenvalue weighted by atomic mass is 10.0. The summed E-state index contributed by atoms with van der Waals surface area (Å²) in [6, 6.07) is 6.14. The zero-order valence-corrected chi connectivity index (χ0v) is 8.55. The SMILES string of the molecule is COc1ccc2c(c1)CCCN2S. The molecule has 0 fully saturated rings. The van der Waals surface area contributed by atoms with Gasteiger partial charge in [0.2, 0.25) is 0 Å². The van der Waals surface area contributed by atoms with Crippen molar-refractivity contribution in [3.05, 3.63) is 23.8 Å². The van der Waals surface area contributed by atoms with Crippen molar-refractivity contribution in [3.8, 4) is 5.75 Å². The van der Waals surface area contributed by atoms with Gasteiger partial charge in [0.25, 0.3) is 0 Å². The third kappa shape index (κ3) is 1.61. The number of fused-ring (bicyclic) bond motifs is 1. The topological polar surface area (TPSA) is 12.5 Å². The van der Waals surface area contributed by atoms with E-state index in [0.717, 1.165) is 18.7 Å². The number of methoxy groups -OCH3 is 1. The lowest BCUT2D eigenvalue weighted by Crippen LogP contribution is -2.19. The molecule has 1 aromatic carbocycles. The number of ether oxygens (including phenoxy) is 1. The first kappa shape index (κ1) is 8.75. The molecule has 3 heteroatoms. The summed E-state index contributed by atoms with van der Waals surface area (Å²) in [7, 11) is 1.70. The van der Waals surface area contributed by atoms with Crippen LogP contribution in [-0.2, 0) is 6.42 Å². The number of hydrogen-bond donors (Lipinski definition) is 1. The van der Waals surface area contributed by atoms with Crippen molar-refractivity contribution >= 4 is 18.5 Å². The summed E-state index contributed by atoms with van der Waals surface area (Å²) < 4.78 is 7.17. The molecule has 0 radical (unpaired) electrons. The first-order valence-electron chi connectivity index (χ1n) is 4.44. The van der Waals surface area contributed by atoms with Gasteiger partial charge >= 0.3 is 0 Å². The molecule has 0 saturated carbocycles. The molecular weight excluding hydrogens is 182 g/mol. The van der Waals surface area contributed by atoms with Crippen LogP contribution < -0.4 is 9.04 Å². The number of anilines is 1.